The molecule has 4 nitrogen and oxygen atoms in total. The molecule has 0 unspecified atom stereocenters. The van der Waals surface area contributed by atoms with E-state index >= 15 is 0 Å². The van der Waals surface area contributed by atoms with Gasteiger partial charge >= 0.3 is 0 Å². The van der Waals surface area contributed by atoms with Gasteiger partial charge in [-0.2, -0.15) is 5.10 Å². The van der Waals surface area contributed by atoms with Crippen LogP contribution in [0.5, 0.6) is 0 Å². The highest BCUT2D eigenvalue weighted by atomic mass is 15.3. The van der Waals surface area contributed by atoms with E-state index in [4.69, 9.17) is 11.5 Å². The van der Waals surface area contributed by atoms with Crippen molar-refractivity contribution in [1.29, 1.82) is 0 Å². The smallest absolute Gasteiger partial charge is 0.211 e. The molecular formula is C10H14N4. The molecule has 1 rings (SSSR count). The highest BCUT2D eigenvalue weighted by molar-refractivity contribution is 5.98. The number of nitrogens with zero attached hydrogens (tertiary/aromatic N) is 2. The van der Waals surface area contributed by atoms with Crippen LogP contribution in [-0.2, 0) is 0 Å². The quantitative estimate of drug-likeness (QED) is 0.414. The Hall–Kier alpha value is -1.84. The molecule has 0 atom stereocenters. The van der Waals surface area contributed by atoms with E-state index in [0.717, 1.165) is 11.3 Å². The van der Waals surface area contributed by atoms with Gasteiger partial charge < -0.3 is 11.5 Å². The molecule has 0 aliphatic heterocycles. The highest BCUT2D eigenvalue weighted by Crippen LogP contribution is 2.04. The lowest BCUT2D eigenvalue weighted by Crippen LogP contribution is -2.22. The Kier molecular flexibility index (Phi) is 3.23. The molecule has 0 aliphatic rings. The standard InChI is InChI=1S/C10H14N4/c1-7-3-5-9(6-4-7)8(2)13-14-10(11)12/h3-6H,1-2H3,(H4,11,12,14). The molecule has 74 valence electrons. The Morgan fingerprint density at radius 3 is 2.14 bits per heavy atom. The molecule has 0 aromatic heterocycles. The fourth-order valence-corrected chi connectivity index (χ4v) is 0.985. The summed E-state index contributed by atoms with van der Waals surface area (Å²) in [4.78, 5) is 0. The van der Waals surface area contributed by atoms with Crippen LogP contribution in [0.4, 0.5) is 0 Å². The minimum Gasteiger partial charge on any atom is -0.369 e. The second-order valence-electron chi connectivity index (χ2n) is 3.08. The van der Waals surface area contributed by atoms with Gasteiger partial charge in [-0.1, -0.05) is 29.8 Å². The minimum absolute atomic E-state index is 0.0311. The average Bonchev–Trinajstić information content (AvgIpc) is 2.15. The molecular weight excluding hydrogens is 176 g/mol. The topological polar surface area (TPSA) is 76.8 Å². The zero-order valence-corrected chi connectivity index (χ0v) is 8.36. The lowest BCUT2D eigenvalue weighted by Gasteiger charge is -1.98. The first kappa shape index (κ1) is 10.2. The maximum Gasteiger partial charge on any atom is 0.211 e. The van der Waals surface area contributed by atoms with Crippen molar-refractivity contribution in [3.63, 3.8) is 0 Å². The van der Waals surface area contributed by atoms with E-state index in [1.807, 2.05) is 38.1 Å². The van der Waals surface area contributed by atoms with Crippen LogP contribution < -0.4 is 11.5 Å². The van der Waals surface area contributed by atoms with E-state index in [0.29, 0.717) is 0 Å². The zero-order chi connectivity index (χ0) is 10.6. The van der Waals surface area contributed by atoms with Crippen LogP contribution in [-0.4, -0.2) is 11.7 Å². The van der Waals surface area contributed by atoms with Crippen LogP contribution in [0.15, 0.2) is 34.5 Å². The fourth-order valence-electron chi connectivity index (χ4n) is 0.985. The monoisotopic (exact) mass is 190 g/mol. The first-order valence-electron chi connectivity index (χ1n) is 4.30. The first-order valence-corrected chi connectivity index (χ1v) is 4.30. The maximum absolute atomic E-state index is 5.16. The molecule has 0 saturated carbocycles. The predicted octanol–water partition coefficient (Wildman–Crippen LogP) is 0.992. The number of aryl methyl sites for hydroxylation is 1. The first-order chi connectivity index (χ1) is 6.59. The SMILES string of the molecule is CC(=NN=C(N)N)c1ccc(C)cc1. The van der Waals surface area contributed by atoms with E-state index < -0.39 is 0 Å². The number of rotatable bonds is 2. The molecule has 14 heavy (non-hydrogen) atoms. The molecule has 0 amide bonds. The zero-order valence-electron chi connectivity index (χ0n) is 8.36. The summed E-state index contributed by atoms with van der Waals surface area (Å²) in [6, 6.07) is 8.00. The van der Waals surface area contributed by atoms with Crippen molar-refractivity contribution in [2.45, 2.75) is 13.8 Å². The highest BCUT2D eigenvalue weighted by Gasteiger charge is 1.95. The van der Waals surface area contributed by atoms with E-state index in [1.54, 1.807) is 0 Å². The van der Waals surface area contributed by atoms with Crippen LogP contribution in [0.25, 0.3) is 0 Å². The maximum atomic E-state index is 5.16. The van der Waals surface area contributed by atoms with Gasteiger partial charge in [0, 0.05) is 0 Å². The summed E-state index contributed by atoms with van der Waals surface area (Å²) in [5, 5.41) is 7.46. The van der Waals surface area contributed by atoms with Gasteiger partial charge in [-0.3, -0.25) is 0 Å². The Morgan fingerprint density at radius 2 is 1.64 bits per heavy atom. The summed E-state index contributed by atoms with van der Waals surface area (Å²) >= 11 is 0. The van der Waals surface area contributed by atoms with Gasteiger partial charge in [-0.25, -0.2) is 0 Å². The molecule has 0 saturated heterocycles. The molecule has 0 radical (unpaired) electrons. The summed E-state index contributed by atoms with van der Waals surface area (Å²) in [6.07, 6.45) is 0. The molecule has 1 aromatic rings. The van der Waals surface area contributed by atoms with E-state index in [9.17, 15) is 0 Å². The Morgan fingerprint density at radius 1 is 1.07 bits per heavy atom. The third kappa shape index (κ3) is 2.90. The summed E-state index contributed by atoms with van der Waals surface area (Å²) in [5.74, 6) is -0.0311. The minimum atomic E-state index is -0.0311. The van der Waals surface area contributed by atoms with Crippen LogP contribution in [0.1, 0.15) is 18.1 Å². The number of hydrogen-bond donors (Lipinski definition) is 2. The third-order valence-corrected chi connectivity index (χ3v) is 1.78. The largest absolute Gasteiger partial charge is 0.369 e. The summed E-state index contributed by atoms with van der Waals surface area (Å²) in [5.41, 5.74) is 13.3. The van der Waals surface area contributed by atoms with Crippen LogP contribution >= 0.6 is 0 Å². The van der Waals surface area contributed by atoms with Crippen LogP contribution in [0.2, 0.25) is 0 Å². The predicted molar refractivity (Wildman–Crippen MR) is 59.2 cm³/mol. The van der Waals surface area contributed by atoms with Gasteiger partial charge in [0.05, 0.1) is 5.71 Å². The van der Waals surface area contributed by atoms with E-state index in [-0.39, 0.29) is 5.96 Å². The number of nitrogens with two attached hydrogens (primary N) is 2. The van der Waals surface area contributed by atoms with Crippen molar-refractivity contribution in [3.8, 4) is 0 Å². The fraction of sp³-hybridized carbons (Fsp3) is 0.200. The van der Waals surface area contributed by atoms with Gasteiger partial charge in [0.2, 0.25) is 5.96 Å². The number of hydrogen-bond acceptors (Lipinski definition) is 2. The Balaban J connectivity index is 2.89. The Bertz CT molecular complexity index is 358. The summed E-state index contributed by atoms with van der Waals surface area (Å²) in [7, 11) is 0. The van der Waals surface area contributed by atoms with Gasteiger partial charge in [-0.15, -0.1) is 5.10 Å². The van der Waals surface area contributed by atoms with Crippen LogP contribution in [0, 0.1) is 6.92 Å². The second kappa shape index (κ2) is 4.41. The van der Waals surface area contributed by atoms with E-state index in [2.05, 4.69) is 10.2 Å². The molecule has 0 aliphatic carbocycles. The summed E-state index contributed by atoms with van der Waals surface area (Å²) < 4.78 is 0. The van der Waals surface area contributed by atoms with Crippen molar-refractivity contribution < 1.29 is 0 Å². The second-order valence-corrected chi connectivity index (χ2v) is 3.08. The van der Waals surface area contributed by atoms with Crippen molar-refractivity contribution >= 4 is 11.7 Å². The van der Waals surface area contributed by atoms with Gasteiger partial charge in [0.1, 0.15) is 0 Å². The molecule has 4 heteroatoms. The molecule has 0 heterocycles. The van der Waals surface area contributed by atoms with Crippen molar-refractivity contribution in [1.82, 2.24) is 0 Å². The average molecular weight is 190 g/mol. The number of guanidine groups is 1. The Labute approximate surface area is 83.3 Å². The van der Waals surface area contributed by atoms with Crippen molar-refractivity contribution in [3.05, 3.63) is 35.4 Å². The van der Waals surface area contributed by atoms with E-state index in [1.165, 1.54) is 5.56 Å². The lowest BCUT2D eigenvalue weighted by atomic mass is 10.1. The van der Waals surface area contributed by atoms with Crippen LogP contribution in [0.3, 0.4) is 0 Å². The number of benzene rings is 1. The lowest BCUT2D eigenvalue weighted by molar-refractivity contribution is 1.19. The molecule has 0 spiro atoms. The molecule has 0 bridgehead atoms. The normalized spacial score (nSPS) is 11.1. The van der Waals surface area contributed by atoms with Crippen molar-refractivity contribution in [2.24, 2.45) is 21.7 Å². The van der Waals surface area contributed by atoms with Gasteiger partial charge in [-0.05, 0) is 19.4 Å². The molecule has 4 N–H and O–H groups in total. The van der Waals surface area contributed by atoms with Gasteiger partial charge in [0.25, 0.3) is 0 Å². The van der Waals surface area contributed by atoms with Gasteiger partial charge in [0.15, 0.2) is 0 Å². The molecule has 0 fully saturated rings. The summed E-state index contributed by atoms with van der Waals surface area (Å²) in [6.45, 7) is 3.89. The van der Waals surface area contributed by atoms with Crippen molar-refractivity contribution in [2.75, 3.05) is 0 Å². The molecule has 1 aromatic carbocycles. The third-order valence-electron chi connectivity index (χ3n) is 1.78.